The van der Waals surface area contributed by atoms with E-state index in [1.165, 1.54) is 18.3 Å². The quantitative estimate of drug-likeness (QED) is 0.854. The highest BCUT2D eigenvalue weighted by Crippen LogP contribution is 2.37. The van der Waals surface area contributed by atoms with Crippen LogP contribution in [-0.2, 0) is 4.79 Å². The van der Waals surface area contributed by atoms with E-state index in [2.05, 4.69) is 5.32 Å². The van der Waals surface area contributed by atoms with Crippen molar-refractivity contribution in [3.05, 3.63) is 59.2 Å². The van der Waals surface area contributed by atoms with Gasteiger partial charge in [0, 0.05) is 18.0 Å². The molecule has 3 nitrogen and oxygen atoms in total. The van der Waals surface area contributed by atoms with Crippen molar-refractivity contribution in [2.75, 3.05) is 0 Å². The molecule has 21 heavy (non-hydrogen) atoms. The van der Waals surface area contributed by atoms with Crippen molar-refractivity contribution in [1.82, 2.24) is 5.32 Å². The third-order valence-electron chi connectivity index (χ3n) is 2.93. The van der Waals surface area contributed by atoms with E-state index in [1.807, 2.05) is 0 Å². The maximum atomic E-state index is 13.3. The zero-order valence-electron chi connectivity index (χ0n) is 10.4. The first-order chi connectivity index (χ1) is 9.84. The molecule has 0 radical (unpaired) electrons. The lowest BCUT2D eigenvalue weighted by Gasteiger charge is -2.23. The normalized spacial score (nSPS) is 18.1. The van der Waals surface area contributed by atoms with Gasteiger partial charge in [-0.1, -0.05) is 12.1 Å². The minimum absolute atomic E-state index is 0.101. The molecule has 0 fully saturated rings. The van der Waals surface area contributed by atoms with Crippen LogP contribution in [0.2, 0.25) is 0 Å². The molecule has 0 aromatic heterocycles. The Morgan fingerprint density at radius 1 is 1.29 bits per heavy atom. The van der Waals surface area contributed by atoms with E-state index in [9.17, 15) is 22.4 Å². The number of rotatable bonds is 2. The van der Waals surface area contributed by atoms with Gasteiger partial charge in [0.15, 0.2) is 0 Å². The summed E-state index contributed by atoms with van der Waals surface area (Å²) in [4.78, 5) is 11.5. The summed E-state index contributed by atoms with van der Waals surface area (Å²) in [5, 5.41) is 11.4. The molecular weight excluding hydrogens is 288 g/mol. The summed E-state index contributed by atoms with van der Waals surface area (Å²) in [7, 11) is 0. The summed E-state index contributed by atoms with van der Waals surface area (Å²) in [5.41, 5.74) is -0.643. The Morgan fingerprint density at radius 2 is 2.00 bits per heavy atom. The number of carbonyl (C=O) groups is 1. The van der Waals surface area contributed by atoms with Gasteiger partial charge >= 0.3 is 6.18 Å². The van der Waals surface area contributed by atoms with E-state index < -0.39 is 29.3 Å². The number of hydrogen-bond acceptors (Lipinski definition) is 3. The Morgan fingerprint density at radius 3 is 2.57 bits per heavy atom. The standard InChI is InChI=1S/C14H8F4N2O/c15-10-3-1-2-8(4-10)12-9(5-19)6-20-7-11(12)13(21)14(16,17)18/h1-4,6-7,12,20H. The molecule has 1 N–H and O–H groups in total. The molecule has 1 aromatic rings. The maximum Gasteiger partial charge on any atom is 0.454 e. The van der Waals surface area contributed by atoms with Crippen LogP contribution < -0.4 is 5.32 Å². The van der Waals surface area contributed by atoms with Crippen LogP contribution in [0, 0.1) is 17.1 Å². The van der Waals surface area contributed by atoms with Crippen LogP contribution in [-0.4, -0.2) is 12.0 Å². The molecule has 1 aliphatic rings. The Bertz CT molecular complexity index is 683. The van der Waals surface area contributed by atoms with Gasteiger partial charge in [-0.05, 0) is 17.7 Å². The van der Waals surface area contributed by atoms with Crippen LogP contribution in [0.25, 0.3) is 0 Å². The molecule has 1 heterocycles. The number of allylic oxidation sites excluding steroid dienone is 2. The number of benzene rings is 1. The number of halogens is 4. The van der Waals surface area contributed by atoms with Crippen LogP contribution in [0.4, 0.5) is 17.6 Å². The third-order valence-corrected chi connectivity index (χ3v) is 2.93. The van der Waals surface area contributed by atoms with Gasteiger partial charge in [0.2, 0.25) is 0 Å². The second kappa shape index (κ2) is 5.40. The second-order valence-electron chi connectivity index (χ2n) is 4.29. The fourth-order valence-corrected chi connectivity index (χ4v) is 2.06. The molecule has 2 rings (SSSR count). The Hall–Kier alpha value is -2.62. The number of Topliss-reactive ketones (excluding diaryl/α,β-unsaturated/α-hetero) is 1. The third kappa shape index (κ3) is 2.94. The van der Waals surface area contributed by atoms with Gasteiger partial charge in [-0.3, -0.25) is 4.79 Å². The number of nitriles is 1. The van der Waals surface area contributed by atoms with Gasteiger partial charge in [-0.25, -0.2) is 4.39 Å². The topological polar surface area (TPSA) is 52.9 Å². The molecule has 0 saturated carbocycles. The fourth-order valence-electron chi connectivity index (χ4n) is 2.06. The molecule has 0 aliphatic carbocycles. The molecule has 0 amide bonds. The van der Waals surface area contributed by atoms with Crippen molar-refractivity contribution in [3.63, 3.8) is 0 Å². The van der Waals surface area contributed by atoms with E-state index in [-0.39, 0.29) is 11.1 Å². The number of nitrogens with zero attached hydrogens (tertiary/aromatic N) is 1. The van der Waals surface area contributed by atoms with E-state index in [0.717, 1.165) is 18.3 Å². The molecule has 1 aliphatic heterocycles. The Kier molecular flexibility index (Phi) is 3.80. The molecule has 108 valence electrons. The fraction of sp³-hybridized carbons (Fsp3) is 0.143. The number of carbonyl (C=O) groups excluding carboxylic acids is 1. The van der Waals surface area contributed by atoms with Crippen molar-refractivity contribution in [3.8, 4) is 6.07 Å². The summed E-state index contributed by atoms with van der Waals surface area (Å²) in [5.74, 6) is -3.98. The SMILES string of the molecule is N#CC1=CNC=C(C(=O)C(F)(F)F)C1c1cccc(F)c1. The summed E-state index contributed by atoms with van der Waals surface area (Å²) >= 11 is 0. The molecule has 0 bridgehead atoms. The van der Waals surface area contributed by atoms with Gasteiger partial charge in [0.05, 0.1) is 17.6 Å². The van der Waals surface area contributed by atoms with Crippen molar-refractivity contribution in [2.24, 2.45) is 0 Å². The number of ketones is 1. The molecule has 1 aromatic carbocycles. The number of alkyl halides is 3. The minimum Gasteiger partial charge on any atom is -0.366 e. The van der Waals surface area contributed by atoms with Crippen molar-refractivity contribution < 1.29 is 22.4 Å². The Balaban J connectivity index is 2.52. The predicted octanol–water partition coefficient (Wildman–Crippen LogP) is 2.94. The minimum atomic E-state index is -5.07. The number of nitrogens with one attached hydrogen (secondary N) is 1. The lowest BCUT2D eigenvalue weighted by molar-refractivity contribution is -0.166. The lowest BCUT2D eigenvalue weighted by Crippen LogP contribution is -2.30. The lowest BCUT2D eigenvalue weighted by atomic mass is 9.82. The monoisotopic (exact) mass is 296 g/mol. The van der Waals surface area contributed by atoms with E-state index in [4.69, 9.17) is 5.26 Å². The van der Waals surface area contributed by atoms with Crippen LogP contribution >= 0.6 is 0 Å². The number of hydrogen-bond donors (Lipinski definition) is 1. The van der Waals surface area contributed by atoms with E-state index in [1.54, 1.807) is 6.07 Å². The van der Waals surface area contributed by atoms with Crippen molar-refractivity contribution in [1.29, 1.82) is 5.26 Å². The maximum absolute atomic E-state index is 13.3. The van der Waals surface area contributed by atoms with E-state index >= 15 is 0 Å². The first kappa shape index (κ1) is 14.8. The van der Waals surface area contributed by atoms with Gasteiger partial charge in [0.1, 0.15) is 5.82 Å². The second-order valence-corrected chi connectivity index (χ2v) is 4.29. The molecule has 0 spiro atoms. The zero-order chi connectivity index (χ0) is 15.6. The Labute approximate surface area is 117 Å². The highest BCUT2D eigenvalue weighted by molar-refractivity contribution is 6.01. The molecular formula is C14H8F4N2O. The van der Waals surface area contributed by atoms with Crippen LogP contribution in [0.3, 0.4) is 0 Å². The van der Waals surface area contributed by atoms with Gasteiger partial charge in [-0.15, -0.1) is 0 Å². The highest BCUT2D eigenvalue weighted by Gasteiger charge is 2.44. The van der Waals surface area contributed by atoms with E-state index in [0.29, 0.717) is 0 Å². The summed E-state index contributed by atoms with van der Waals surface area (Å²) in [6.07, 6.45) is -3.01. The average Bonchev–Trinajstić information content (AvgIpc) is 2.44. The van der Waals surface area contributed by atoms with Crippen LogP contribution in [0.15, 0.2) is 47.8 Å². The molecule has 0 saturated heterocycles. The van der Waals surface area contributed by atoms with Crippen LogP contribution in [0.5, 0.6) is 0 Å². The van der Waals surface area contributed by atoms with Crippen molar-refractivity contribution in [2.45, 2.75) is 12.1 Å². The predicted molar refractivity (Wildman–Crippen MR) is 65.1 cm³/mol. The summed E-state index contributed by atoms with van der Waals surface area (Å²) < 4.78 is 51.2. The van der Waals surface area contributed by atoms with Crippen LogP contribution in [0.1, 0.15) is 11.5 Å². The smallest absolute Gasteiger partial charge is 0.366 e. The highest BCUT2D eigenvalue weighted by atomic mass is 19.4. The van der Waals surface area contributed by atoms with Gasteiger partial charge in [0.25, 0.3) is 5.78 Å². The molecule has 1 unspecified atom stereocenters. The largest absolute Gasteiger partial charge is 0.454 e. The van der Waals surface area contributed by atoms with Gasteiger partial charge in [-0.2, -0.15) is 18.4 Å². The average molecular weight is 296 g/mol. The summed E-state index contributed by atoms with van der Waals surface area (Å²) in [6, 6.07) is 6.51. The first-order valence-electron chi connectivity index (χ1n) is 5.78. The molecule has 1 atom stereocenters. The first-order valence-corrected chi connectivity index (χ1v) is 5.78. The molecule has 7 heteroatoms. The number of dihydropyridines is 1. The van der Waals surface area contributed by atoms with Gasteiger partial charge < -0.3 is 5.32 Å². The summed E-state index contributed by atoms with van der Waals surface area (Å²) in [6.45, 7) is 0. The zero-order valence-corrected chi connectivity index (χ0v) is 10.4. The van der Waals surface area contributed by atoms with Crippen molar-refractivity contribution >= 4 is 5.78 Å².